The van der Waals surface area contributed by atoms with E-state index >= 15 is 0 Å². The van der Waals surface area contributed by atoms with Crippen LogP contribution in [-0.2, 0) is 17.9 Å². The third-order valence-electron chi connectivity index (χ3n) is 4.68. The zero-order chi connectivity index (χ0) is 21.3. The minimum atomic E-state index is -0.222. The van der Waals surface area contributed by atoms with Crippen LogP contribution < -0.4 is 10.9 Å². The van der Waals surface area contributed by atoms with E-state index in [9.17, 15) is 9.59 Å². The van der Waals surface area contributed by atoms with E-state index in [0.29, 0.717) is 39.4 Å². The van der Waals surface area contributed by atoms with Crippen LogP contribution in [0.15, 0.2) is 34.2 Å². The predicted octanol–water partition coefficient (Wildman–Crippen LogP) is 4.48. The number of aromatic nitrogens is 3. The lowest BCUT2D eigenvalue weighted by Gasteiger charge is -2.14. The molecule has 29 heavy (non-hydrogen) atoms. The van der Waals surface area contributed by atoms with Crippen LogP contribution in [0.3, 0.4) is 0 Å². The van der Waals surface area contributed by atoms with Crippen LogP contribution in [0.25, 0.3) is 11.0 Å². The Labute approximate surface area is 179 Å². The summed E-state index contributed by atoms with van der Waals surface area (Å²) >= 11 is 7.49. The average Bonchev–Trinajstić information content (AvgIpc) is 2.95. The Morgan fingerprint density at radius 1 is 1.24 bits per heavy atom. The Balaban J connectivity index is 2.01. The van der Waals surface area contributed by atoms with E-state index in [-0.39, 0.29) is 18.0 Å². The molecular weight excluding hydrogens is 408 g/mol. The molecule has 0 aliphatic heterocycles. The monoisotopic (exact) mass is 432 g/mol. The first-order chi connectivity index (χ1) is 13.7. The molecule has 154 valence electrons. The molecule has 0 aliphatic carbocycles. The van der Waals surface area contributed by atoms with Crippen molar-refractivity contribution in [3.05, 3.63) is 50.9 Å². The zero-order valence-electron chi connectivity index (χ0n) is 17.2. The zero-order valence-corrected chi connectivity index (χ0v) is 18.8. The average molecular weight is 433 g/mol. The molecule has 1 amide bonds. The van der Waals surface area contributed by atoms with Gasteiger partial charge in [-0.3, -0.25) is 14.2 Å². The summed E-state index contributed by atoms with van der Waals surface area (Å²) in [5, 5.41) is 4.13. The maximum atomic E-state index is 13.3. The number of nitrogens with one attached hydrogen (secondary N) is 1. The van der Waals surface area contributed by atoms with Gasteiger partial charge in [-0.05, 0) is 49.8 Å². The Kier molecular flexibility index (Phi) is 6.39. The number of carbonyl (C=O) groups is 1. The standard InChI is InChI=1S/C21H25ClN4O2S/c1-12(2)10-26-20(28)19-17(24-21(26)29-5)8-14(4)25(19)11-18(27)23-16-9-15(22)7-6-13(16)3/h6-9,12H,10-11H2,1-5H3,(H,23,27). The van der Waals surface area contributed by atoms with Gasteiger partial charge in [-0.15, -0.1) is 0 Å². The van der Waals surface area contributed by atoms with Crippen molar-refractivity contribution in [3.63, 3.8) is 0 Å². The number of halogens is 1. The molecule has 0 atom stereocenters. The molecular formula is C21H25ClN4O2S. The van der Waals surface area contributed by atoms with Gasteiger partial charge in [-0.1, -0.05) is 43.3 Å². The van der Waals surface area contributed by atoms with Gasteiger partial charge >= 0.3 is 0 Å². The Morgan fingerprint density at radius 3 is 2.62 bits per heavy atom. The van der Waals surface area contributed by atoms with Crippen molar-refractivity contribution in [3.8, 4) is 0 Å². The molecule has 2 aromatic heterocycles. The predicted molar refractivity (Wildman–Crippen MR) is 120 cm³/mol. The second-order valence-electron chi connectivity index (χ2n) is 7.52. The van der Waals surface area contributed by atoms with Gasteiger partial charge in [0, 0.05) is 22.9 Å². The smallest absolute Gasteiger partial charge is 0.278 e. The van der Waals surface area contributed by atoms with Gasteiger partial charge in [0.2, 0.25) is 5.91 Å². The number of benzene rings is 1. The fourth-order valence-electron chi connectivity index (χ4n) is 3.30. The highest BCUT2D eigenvalue weighted by Crippen LogP contribution is 2.22. The maximum absolute atomic E-state index is 13.3. The van der Waals surface area contributed by atoms with Crippen molar-refractivity contribution < 1.29 is 4.79 Å². The van der Waals surface area contributed by atoms with E-state index in [1.165, 1.54) is 11.8 Å². The van der Waals surface area contributed by atoms with Crippen molar-refractivity contribution in [1.29, 1.82) is 0 Å². The quantitative estimate of drug-likeness (QED) is 0.460. The second-order valence-corrected chi connectivity index (χ2v) is 8.73. The van der Waals surface area contributed by atoms with E-state index < -0.39 is 0 Å². The number of fused-ring (bicyclic) bond motifs is 1. The lowest BCUT2D eigenvalue weighted by atomic mass is 10.2. The summed E-state index contributed by atoms with van der Waals surface area (Å²) in [4.78, 5) is 30.6. The molecule has 0 radical (unpaired) electrons. The van der Waals surface area contributed by atoms with Crippen LogP contribution in [0.5, 0.6) is 0 Å². The minimum absolute atomic E-state index is 0.0263. The molecule has 0 saturated heterocycles. The lowest BCUT2D eigenvalue weighted by Crippen LogP contribution is -2.28. The molecule has 2 heterocycles. The Morgan fingerprint density at radius 2 is 1.97 bits per heavy atom. The van der Waals surface area contributed by atoms with Crippen LogP contribution in [0.1, 0.15) is 25.1 Å². The molecule has 3 aromatic rings. The number of rotatable bonds is 6. The van der Waals surface area contributed by atoms with Crippen molar-refractivity contribution in [2.75, 3.05) is 11.6 Å². The first kappa shape index (κ1) is 21.5. The minimum Gasteiger partial charge on any atom is -0.330 e. The topological polar surface area (TPSA) is 68.9 Å². The van der Waals surface area contributed by atoms with Gasteiger partial charge in [0.25, 0.3) is 5.56 Å². The molecule has 0 spiro atoms. The summed E-state index contributed by atoms with van der Waals surface area (Å²) in [6, 6.07) is 7.21. The summed E-state index contributed by atoms with van der Waals surface area (Å²) in [5.41, 5.74) is 3.35. The molecule has 0 unspecified atom stereocenters. The summed E-state index contributed by atoms with van der Waals surface area (Å²) in [6.45, 7) is 8.51. The highest BCUT2D eigenvalue weighted by atomic mass is 35.5. The van der Waals surface area contributed by atoms with E-state index in [1.807, 2.05) is 32.2 Å². The molecule has 8 heteroatoms. The van der Waals surface area contributed by atoms with E-state index in [0.717, 1.165) is 11.3 Å². The summed E-state index contributed by atoms with van der Waals surface area (Å²) in [5.74, 6) is 0.0798. The maximum Gasteiger partial charge on any atom is 0.278 e. The van der Waals surface area contributed by atoms with Crippen molar-refractivity contribution >= 4 is 46.0 Å². The summed E-state index contributed by atoms with van der Waals surface area (Å²) in [7, 11) is 0. The van der Waals surface area contributed by atoms with Gasteiger partial charge in [-0.2, -0.15) is 0 Å². The second kappa shape index (κ2) is 8.63. The van der Waals surface area contributed by atoms with Gasteiger partial charge in [0.15, 0.2) is 5.16 Å². The normalized spacial score (nSPS) is 11.4. The highest BCUT2D eigenvalue weighted by molar-refractivity contribution is 7.98. The SMILES string of the molecule is CSc1nc2cc(C)n(CC(=O)Nc3cc(Cl)ccc3C)c2c(=O)n1CC(C)C. The Hall–Kier alpha value is -2.25. The number of hydrogen-bond donors (Lipinski definition) is 1. The third-order valence-corrected chi connectivity index (χ3v) is 5.60. The van der Waals surface area contributed by atoms with Crippen LogP contribution in [0, 0.1) is 19.8 Å². The first-order valence-corrected chi connectivity index (χ1v) is 11.0. The molecule has 1 aromatic carbocycles. The Bertz CT molecular complexity index is 1130. The number of amides is 1. The van der Waals surface area contributed by atoms with Crippen molar-refractivity contribution in [1.82, 2.24) is 14.1 Å². The van der Waals surface area contributed by atoms with Crippen LogP contribution >= 0.6 is 23.4 Å². The van der Waals surface area contributed by atoms with Crippen molar-refractivity contribution in [2.24, 2.45) is 5.92 Å². The number of nitrogens with zero attached hydrogens (tertiary/aromatic N) is 3. The molecule has 0 fully saturated rings. The molecule has 0 bridgehead atoms. The van der Waals surface area contributed by atoms with Crippen LogP contribution in [0.4, 0.5) is 5.69 Å². The van der Waals surface area contributed by atoms with Gasteiger partial charge in [0.05, 0.1) is 5.52 Å². The van der Waals surface area contributed by atoms with E-state index in [2.05, 4.69) is 24.1 Å². The fraction of sp³-hybridized carbons (Fsp3) is 0.381. The molecule has 1 N–H and O–H groups in total. The molecule has 0 saturated carbocycles. The fourth-order valence-corrected chi connectivity index (χ4v) is 4.03. The number of aryl methyl sites for hydroxylation is 2. The van der Waals surface area contributed by atoms with Crippen molar-refractivity contribution in [2.45, 2.75) is 45.9 Å². The van der Waals surface area contributed by atoms with Gasteiger partial charge in [0.1, 0.15) is 12.1 Å². The number of carbonyl (C=O) groups excluding carboxylic acids is 1. The number of hydrogen-bond acceptors (Lipinski definition) is 4. The van der Waals surface area contributed by atoms with Crippen LogP contribution in [0.2, 0.25) is 5.02 Å². The molecule has 3 rings (SSSR count). The van der Waals surface area contributed by atoms with E-state index in [1.54, 1.807) is 21.3 Å². The number of anilines is 1. The first-order valence-electron chi connectivity index (χ1n) is 9.42. The van der Waals surface area contributed by atoms with Gasteiger partial charge in [-0.25, -0.2) is 4.98 Å². The van der Waals surface area contributed by atoms with Crippen LogP contribution in [-0.4, -0.2) is 26.3 Å². The number of thioether (sulfide) groups is 1. The highest BCUT2D eigenvalue weighted by Gasteiger charge is 2.19. The summed E-state index contributed by atoms with van der Waals surface area (Å²) in [6.07, 6.45) is 1.91. The third kappa shape index (κ3) is 4.51. The lowest BCUT2D eigenvalue weighted by molar-refractivity contribution is -0.116. The van der Waals surface area contributed by atoms with Gasteiger partial charge < -0.3 is 9.88 Å². The molecule has 6 nitrogen and oxygen atoms in total. The molecule has 0 aliphatic rings. The largest absolute Gasteiger partial charge is 0.330 e. The van der Waals surface area contributed by atoms with E-state index in [4.69, 9.17) is 11.6 Å². The summed E-state index contributed by atoms with van der Waals surface area (Å²) < 4.78 is 3.44.